The first-order valence-electron chi connectivity index (χ1n) is 8.58. The summed E-state index contributed by atoms with van der Waals surface area (Å²) in [5, 5.41) is 2.22. The second-order valence-corrected chi connectivity index (χ2v) is 8.11. The second-order valence-electron chi connectivity index (χ2n) is 6.65. The Morgan fingerprint density at radius 1 is 0.880 bits per heavy atom. The van der Waals surface area contributed by atoms with Gasteiger partial charge in [-0.3, -0.25) is 0 Å². The van der Waals surface area contributed by atoms with E-state index in [1.807, 2.05) is 32.3 Å². The van der Waals surface area contributed by atoms with Crippen molar-refractivity contribution in [2.75, 3.05) is 25.5 Å². The van der Waals surface area contributed by atoms with Gasteiger partial charge in [-0.25, -0.2) is 8.51 Å². The van der Waals surface area contributed by atoms with E-state index in [0.717, 1.165) is 40.9 Å². The summed E-state index contributed by atoms with van der Waals surface area (Å²) >= 11 is 0. The van der Waals surface area contributed by atoms with Gasteiger partial charge in [0.25, 0.3) is 0 Å². The highest BCUT2D eigenvalue weighted by molar-refractivity contribution is 7.82. The molecule has 0 bridgehead atoms. The first-order chi connectivity index (χ1) is 12.1. The number of fused-ring (bicyclic) bond motifs is 2. The monoisotopic (exact) mass is 350 g/mol. The van der Waals surface area contributed by atoms with Gasteiger partial charge >= 0.3 is 0 Å². The molecule has 0 N–H and O–H groups in total. The van der Waals surface area contributed by atoms with Gasteiger partial charge in [-0.05, 0) is 29.7 Å². The lowest BCUT2D eigenvalue weighted by atomic mass is 10.0. The molecule has 3 nitrogen and oxygen atoms in total. The number of hydrogen-bond acceptors (Lipinski definition) is 2. The Hall–Kier alpha value is -2.17. The van der Waals surface area contributed by atoms with E-state index >= 15 is 0 Å². The Labute approximate surface area is 151 Å². The van der Waals surface area contributed by atoms with E-state index in [1.54, 1.807) is 0 Å². The van der Waals surface area contributed by atoms with E-state index in [0.29, 0.717) is 0 Å². The largest absolute Gasteiger partial charge is 0.377 e. The van der Waals surface area contributed by atoms with Crippen LogP contribution in [0.3, 0.4) is 0 Å². The summed E-state index contributed by atoms with van der Waals surface area (Å²) in [6.45, 7) is 1.57. The van der Waals surface area contributed by atoms with E-state index in [1.165, 1.54) is 11.1 Å². The zero-order valence-electron chi connectivity index (χ0n) is 14.6. The minimum atomic E-state index is -1.16. The zero-order valence-corrected chi connectivity index (χ0v) is 15.4. The van der Waals surface area contributed by atoms with Crippen LogP contribution in [0.2, 0.25) is 0 Å². The molecule has 3 aromatic rings. The highest BCUT2D eigenvalue weighted by atomic mass is 32.2. The van der Waals surface area contributed by atoms with Crippen LogP contribution in [0.4, 0.5) is 5.69 Å². The molecule has 0 aliphatic carbocycles. The number of hydrogen-bond donors (Lipinski definition) is 0. The fourth-order valence-corrected chi connectivity index (χ4v) is 4.91. The molecule has 0 amide bonds. The molecule has 0 radical (unpaired) electrons. The standard InChI is InChI=1S/C21H22N2OS/c1-22(2)20-11-5-10-19-18(20)9-6-12-21(19)25(24)23-14-13-16-7-3-4-8-17(16)15-23/h3-12H,13-15H2,1-2H3. The summed E-state index contributed by atoms with van der Waals surface area (Å²) in [6.07, 6.45) is 0.954. The molecule has 4 rings (SSSR count). The summed E-state index contributed by atoms with van der Waals surface area (Å²) in [5.41, 5.74) is 3.82. The van der Waals surface area contributed by atoms with Crippen molar-refractivity contribution >= 4 is 27.4 Å². The van der Waals surface area contributed by atoms with Crippen LogP contribution in [-0.2, 0) is 24.0 Å². The third kappa shape index (κ3) is 2.96. The topological polar surface area (TPSA) is 23.6 Å². The van der Waals surface area contributed by atoms with Gasteiger partial charge in [0.1, 0.15) is 11.0 Å². The molecule has 0 spiro atoms. The van der Waals surface area contributed by atoms with Crippen molar-refractivity contribution in [1.82, 2.24) is 4.31 Å². The number of benzene rings is 3. The summed E-state index contributed by atoms with van der Waals surface area (Å²) in [6, 6.07) is 20.8. The number of nitrogens with zero attached hydrogens (tertiary/aromatic N) is 2. The predicted molar refractivity (Wildman–Crippen MR) is 105 cm³/mol. The van der Waals surface area contributed by atoms with E-state index in [9.17, 15) is 4.21 Å². The van der Waals surface area contributed by atoms with Gasteiger partial charge < -0.3 is 4.90 Å². The second kappa shape index (κ2) is 6.62. The molecule has 0 aromatic heterocycles. The van der Waals surface area contributed by atoms with E-state index in [-0.39, 0.29) is 0 Å². The minimum absolute atomic E-state index is 0.743. The van der Waals surface area contributed by atoms with Gasteiger partial charge in [0, 0.05) is 43.6 Å². The normalized spacial score (nSPS) is 15.8. The summed E-state index contributed by atoms with van der Waals surface area (Å²) in [4.78, 5) is 3.01. The molecule has 0 saturated heterocycles. The molecule has 4 heteroatoms. The maximum Gasteiger partial charge on any atom is 0.128 e. The Balaban J connectivity index is 1.73. The average molecular weight is 350 g/mol. The van der Waals surface area contributed by atoms with Crippen LogP contribution >= 0.6 is 0 Å². The zero-order chi connectivity index (χ0) is 17.4. The van der Waals surface area contributed by atoms with Gasteiger partial charge in [-0.1, -0.05) is 48.5 Å². The molecule has 1 heterocycles. The lowest BCUT2D eigenvalue weighted by molar-refractivity contribution is 0.421. The molecule has 1 aliphatic heterocycles. The molecule has 0 fully saturated rings. The van der Waals surface area contributed by atoms with Crippen LogP contribution < -0.4 is 4.90 Å². The molecule has 25 heavy (non-hydrogen) atoms. The summed E-state index contributed by atoms with van der Waals surface area (Å²) in [7, 11) is 2.92. The Morgan fingerprint density at radius 3 is 2.40 bits per heavy atom. The third-order valence-corrected chi connectivity index (χ3v) is 6.37. The van der Waals surface area contributed by atoms with Crippen molar-refractivity contribution in [3.05, 3.63) is 71.8 Å². The predicted octanol–water partition coefficient (Wildman–Crippen LogP) is 3.99. The molecule has 1 atom stereocenters. The van der Waals surface area contributed by atoms with Gasteiger partial charge in [-0.2, -0.15) is 0 Å². The molecular formula is C21H22N2OS. The fraction of sp³-hybridized carbons (Fsp3) is 0.238. The molecular weight excluding hydrogens is 328 g/mol. The first-order valence-corrected chi connectivity index (χ1v) is 9.68. The summed E-state index contributed by atoms with van der Waals surface area (Å²) in [5.74, 6) is 0. The van der Waals surface area contributed by atoms with Crippen LogP contribution in [0.1, 0.15) is 11.1 Å². The summed E-state index contributed by atoms with van der Waals surface area (Å²) < 4.78 is 15.4. The van der Waals surface area contributed by atoms with Crippen LogP contribution in [0, 0.1) is 0 Å². The molecule has 128 valence electrons. The lowest BCUT2D eigenvalue weighted by Gasteiger charge is -2.28. The Bertz CT molecular complexity index is 952. The van der Waals surface area contributed by atoms with E-state index in [4.69, 9.17) is 0 Å². The Morgan fingerprint density at radius 2 is 1.60 bits per heavy atom. The minimum Gasteiger partial charge on any atom is -0.377 e. The molecule has 0 saturated carbocycles. The van der Waals surface area contributed by atoms with Crippen molar-refractivity contribution < 1.29 is 4.21 Å². The van der Waals surface area contributed by atoms with Crippen LogP contribution in [0.25, 0.3) is 10.8 Å². The fourth-order valence-electron chi connectivity index (χ4n) is 3.56. The van der Waals surface area contributed by atoms with Crippen LogP contribution in [0.15, 0.2) is 65.6 Å². The number of anilines is 1. The highest BCUT2D eigenvalue weighted by Gasteiger charge is 2.23. The highest BCUT2D eigenvalue weighted by Crippen LogP contribution is 2.31. The quantitative estimate of drug-likeness (QED) is 0.713. The molecule has 1 unspecified atom stereocenters. The smallest absolute Gasteiger partial charge is 0.128 e. The maximum atomic E-state index is 13.3. The average Bonchev–Trinajstić information content (AvgIpc) is 2.66. The van der Waals surface area contributed by atoms with Gasteiger partial charge in [-0.15, -0.1) is 0 Å². The number of rotatable bonds is 3. The van der Waals surface area contributed by atoms with Crippen molar-refractivity contribution in [3.63, 3.8) is 0 Å². The van der Waals surface area contributed by atoms with Crippen molar-refractivity contribution in [2.45, 2.75) is 17.9 Å². The van der Waals surface area contributed by atoms with E-state index in [2.05, 4.69) is 51.7 Å². The maximum absolute atomic E-state index is 13.3. The lowest BCUT2D eigenvalue weighted by Crippen LogP contribution is -2.32. The Kier molecular flexibility index (Phi) is 4.32. The molecule has 3 aromatic carbocycles. The van der Waals surface area contributed by atoms with Crippen molar-refractivity contribution in [3.8, 4) is 0 Å². The van der Waals surface area contributed by atoms with Crippen molar-refractivity contribution in [2.24, 2.45) is 0 Å². The van der Waals surface area contributed by atoms with E-state index < -0.39 is 11.0 Å². The van der Waals surface area contributed by atoms with Gasteiger partial charge in [0.2, 0.25) is 0 Å². The first kappa shape index (κ1) is 16.3. The van der Waals surface area contributed by atoms with Gasteiger partial charge in [0.15, 0.2) is 0 Å². The molecule has 1 aliphatic rings. The van der Waals surface area contributed by atoms with Crippen molar-refractivity contribution in [1.29, 1.82) is 0 Å². The van der Waals surface area contributed by atoms with Crippen LogP contribution in [-0.4, -0.2) is 29.2 Å². The van der Waals surface area contributed by atoms with Crippen LogP contribution in [0.5, 0.6) is 0 Å². The SMILES string of the molecule is CN(C)c1cccc2c(S(=O)N3CCc4ccccc4C3)cccc12. The third-order valence-electron chi connectivity index (χ3n) is 4.86. The van der Waals surface area contributed by atoms with Gasteiger partial charge in [0.05, 0.1) is 4.90 Å².